The van der Waals surface area contributed by atoms with Crippen molar-refractivity contribution in [2.24, 2.45) is 0 Å². The lowest BCUT2D eigenvalue weighted by molar-refractivity contribution is -0.143. The molecular weight excluding hydrogens is 1030 g/mol. The van der Waals surface area contributed by atoms with Gasteiger partial charge in [0, 0.05) is 12.8 Å². The fraction of sp³-hybridized carbons (Fsp3) is 0.949. The highest BCUT2D eigenvalue weighted by Gasteiger charge is 2.20. The average Bonchev–Trinajstić information content (AvgIpc) is 3.51. The number of allylic oxidation sites excluding steroid dienone is 2. The summed E-state index contributed by atoms with van der Waals surface area (Å²) in [6.45, 7) is 4.99. The molecule has 0 bridgehead atoms. The number of rotatable bonds is 74. The van der Waals surface area contributed by atoms with E-state index in [9.17, 15) is 19.8 Å². The molecule has 0 saturated heterocycles. The summed E-state index contributed by atoms with van der Waals surface area (Å²) in [6, 6.07) is -0.538. The Hall–Kier alpha value is -1.40. The summed E-state index contributed by atoms with van der Waals surface area (Å²) in [5.41, 5.74) is 0. The number of aliphatic hydroxyl groups is 2. The minimum Gasteiger partial charge on any atom is -0.466 e. The van der Waals surface area contributed by atoms with Gasteiger partial charge in [-0.25, -0.2) is 0 Å². The first-order valence-electron chi connectivity index (χ1n) is 38.9. The Kier molecular flexibility index (Phi) is 72.8. The van der Waals surface area contributed by atoms with Crippen molar-refractivity contribution in [1.29, 1.82) is 0 Å². The predicted octanol–water partition coefficient (Wildman–Crippen LogP) is 25.5. The van der Waals surface area contributed by atoms with E-state index in [2.05, 4.69) is 31.3 Å². The Morgan fingerprint density at radius 3 is 0.857 bits per heavy atom. The number of aliphatic hydroxyl groups excluding tert-OH is 2. The van der Waals surface area contributed by atoms with Crippen LogP contribution in [-0.2, 0) is 14.3 Å². The highest BCUT2D eigenvalue weighted by molar-refractivity contribution is 5.76. The zero-order valence-electron chi connectivity index (χ0n) is 57.4. The molecule has 0 spiro atoms. The van der Waals surface area contributed by atoms with E-state index in [1.165, 1.54) is 372 Å². The standard InChI is InChI=1S/C78H153NO5/c1-3-5-7-9-11-13-15-17-18-19-20-34-37-40-43-47-50-54-58-62-66-70-76(81)75(74-80)79-77(82)71-67-63-59-55-51-48-44-41-38-35-32-30-28-26-24-22-21-23-25-27-29-31-33-36-39-42-45-49-53-57-61-65-69-73-84-78(83)72-68-64-60-56-52-46-16-14-12-10-8-6-4-2/h14,16,75-76,80-81H,3-13,15,17-74H2,1-2H3,(H,79,82)/b16-14-. The molecule has 0 radical (unpaired) electrons. The lowest BCUT2D eigenvalue weighted by Gasteiger charge is -2.22. The fourth-order valence-electron chi connectivity index (χ4n) is 12.6. The number of unbranched alkanes of at least 4 members (excludes halogenated alkanes) is 61. The Balaban J connectivity index is 3.32. The molecule has 2 atom stereocenters. The predicted molar refractivity (Wildman–Crippen MR) is 370 cm³/mol. The van der Waals surface area contributed by atoms with Gasteiger partial charge in [0.25, 0.3) is 0 Å². The molecule has 2 unspecified atom stereocenters. The van der Waals surface area contributed by atoms with Crippen LogP contribution in [0.2, 0.25) is 0 Å². The van der Waals surface area contributed by atoms with E-state index < -0.39 is 12.1 Å². The summed E-state index contributed by atoms with van der Waals surface area (Å²) < 4.78 is 5.49. The molecular formula is C78H153NO5. The smallest absolute Gasteiger partial charge is 0.305 e. The number of nitrogens with one attached hydrogen (secondary N) is 1. The van der Waals surface area contributed by atoms with Gasteiger partial charge in [-0.1, -0.05) is 398 Å². The van der Waals surface area contributed by atoms with Crippen molar-refractivity contribution in [2.75, 3.05) is 13.2 Å². The van der Waals surface area contributed by atoms with Crippen molar-refractivity contribution in [3.05, 3.63) is 12.2 Å². The van der Waals surface area contributed by atoms with E-state index in [1.54, 1.807) is 0 Å². The van der Waals surface area contributed by atoms with Crippen LogP contribution in [0.4, 0.5) is 0 Å². The minimum absolute atomic E-state index is 0.0135. The van der Waals surface area contributed by atoms with E-state index in [0.717, 1.165) is 44.9 Å². The van der Waals surface area contributed by atoms with Crippen LogP contribution < -0.4 is 5.32 Å². The van der Waals surface area contributed by atoms with Crippen LogP contribution >= 0.6 is 0 Å². The number of carbonyl (C=O) groups is 2. The molecule has 0 rings (SSSR count). The average molecular weight is 1190 g/mol. The first-order chi connectivity index (χ1) is 41.5. The number of ether oxygens (including phenoxy) is 1. The third-order valence-electron chi connectivity index (χ3n) is 18.6. The first-order valence-corrected chi connectivity index (χ1v) is 38.9. The van der Waals surface area contributed by atoms with Crippen LogP contribution in [0.5, 0.6) is 0 Å². The maximum Gasteiger partial charge on any atom is 0.305 e. The summed E-state index contributed by atoms with van der Waals surface area (Å²) >= 11 is 0. The molecule has 0 fully saturated rings. The molecule has 0 aliphatic carbocycles. The summed E-state index contributed by atoms with van der Waals surface area (Å²) in [5, 5.41) is 23.5. The van der Waals surface area contributed by atoms with Crippen LogP contribution in [0.3, 0.4) is 0 Å². The normalized spacial score (nSPS) is 12.5. The van der Waals surface area contributed by atoms with Crippen molar-refractivity contribution >= 4 is 11.9 Å². The minimum atomic E-state index is -0.661. The summed E-state index contributed by atoms with van der Waals surface area (Å²) in [4.78, 5) is 24.6. The molecule has 0 heterocycles. The maximum absolute atomic E-state index is 12.6. The van der Waals surface area contributed by atoms with Gasteiger partial charge in [0.05, 0.1) is 25.4 Å². The monoisotopic (exact) mass is 1180 g/mol. The van der Waals surface area contributed by atoms with Crippen LogP contribution in [0.15, 0.2) is 12.2 Å². The maximum atomic E-state index is 12.6. The lowest BCUT2D eigenvalue weighted by Crippen LogP contribution is -2.45. The number of hydrogen-bond donors (Lipinski definition) is 3. The summed E-state index contributed by atoms with van der Waals surface area (Å²) in [6.07, 6.45) is 93.0. The van der Waals surface area contributed by atoms with Gasteiger partial charge >= 0.3 is 5.97 Å². The largest absolute Gasteiger partial charge is 0.466 e. The highest BCUT2D eigenvalue weighted by atomic mass is 16.5. The molecule has 6 nitrogen and oxygen atoms in total. The van der Waals surface area contributed by atoms with E-state index in [0.29, 0.717) is 25.9 Å². The van der Waals surface area contributed by atoms with Crippen LogP contribution in [-0.4, -0.2) is 47.4 Å². The van der Waals surface area contributed by atoms with Crippen molar-refractivity contribution in [1.82, 2.24) is 5.32 Å². The van der Waals surface area contributed by atoms with Gasteiger partial charge in [-0.15, -0.1) is 0 Å². The Morgan fingerprint density at radius 1 is 0.321 bits per heavy atom. The molecule has 0 saturated carbocycles. The molecule has 3 N–H and O–H groups in total. The van der Waals surface area contributed by atoms with Crippen LogP contribution in [0.25, 0.3) is 0 Å². The van der Waals surface area contributed by atoms with Crippen molar-refractivity contribution < 1.29 is 24.5 Å². The Morgan fingerprint density at radius 2 is 0.560 bits per heavy atom. The number of amides is 1. The van der Waals surface area contributed by atoms with E-state index in [1.807, 2.05) is 0 Å². The van der Waals surface area contributed by atoms with Crippen LogP contribution in [0.1, 0.15) is 450 Å². The SMILES string of the molecule is CCCCCC/C=C\CCCCCCCC(=O)OCCCCCCCCCCCCCCCCCCCCCCCCCCCCCCCCCCCC(=O)NC(CO)C(O)CCCCCCCCCCCCCCCCCCCCCCC. The molecule has 0 aliphatic heterocycles. The van der Waals surface area contributed by atoms with Crippen molar-refractivity contribution in [2.45, 2.75) is 463 Å². The third kappa shape index (κ3) is 69.7. The van der Waals surface area contributed by atoms with Gasteiger partial charge in [-0.05, 0) is 51.4 Å². The molecule has 1 amide bonds. The van der Waals surface area contributed by atoms with E-state index >= 15 is 0 Å². The van der Waals surface area contributed by atoms with Gasteiger partial charge in [0.2, 0.25) is 5.91 Å². The van der Waals surface area contributed by atoms with Gasteiger partial charge in [-0.3, -0.25) is 9.59 Å². The Bertz CT molecular complexity index is 1270. The van der Waals surface area contributed by atoms with Crippen molar-refractivity contribution in [3.63, 3.8) is 0 Å². The van der Waals surface area contributed by atoms with Gasteiger partial charge < -0.3 is 20.3 Å². The van der Waals surface area contributed by atoms with Crippen molar-refractivity contribution in [3.8, 4) is 0 Å². The number of carbonyl (C=O) groups excluding carboxylic acids is 2. The highest BCUT2D eigenvalue weighted by Crippen LogP contribution is 2.20. The quantitative estimate of drug-likeness (QED) is 0.0320. The number of hydrogen-bond acceptors (Lipinski definition) is 5. The van der Waals surface area contributed by atoms with Gasteiger partial charge in [-0.2, -0.15) is 0 Å². The molecule has 0 aromatic rings. The molecule has 0 aromatic heterocycles. The molecule has 0 aromatic carbocycles. The Labute approximate surface area is 527 Å². The summed E-state index contributed by atoms with van der Waals surface area (Å²) in [7, 11) is 0. The molecule has 0 aliphatic rings. The van der Waals surface area contributed by atoms with Gasteiger partial charge in [0.1, 0.15) is 0 Å². The fourth-order valence-corrected chi connectivity index (χ4v) is 12.6. The topological polar surface area (TPSA) is 95.9 Å². The van der Waals surface area contributed by atoms with Gasteiger partial charge in [0.15, 0.2) is 0 Å². The van der Waals surface area contributed by atoms with Crippen LogP contribution in [0, 0.1) is 0 Å². The second-order valence-corrected chi connectivity index (χ2v) is 27.0. The second kappa shape index (κ2) is 74.1. The molecule has 500 valence electrons. The van der Waals surface area contributed by atoms with E-state index in [4.69, 9.17) is 4.74 Å². The molecule has 84 heavy (non-hydrogen) atoms. The third-order valence-corrected chi connectivity index (χ3v) is 18.6. The number of esters is 1. The lowest BCUT2D eigenvalue weighted by atomic mass is 10.0. The molecule has 6 heteroatoms. The second-order valence-electron chi connectivity index (χ2n) is 27.0. The zero-order chi connectivity index (χ0) is 60.6. The zero-order valence-corrected chi connectivity index (χ0v) is 57.4. The summed E-state index contributed by atoms with van der Waals surface area (Å²) in [5.74, 6) is -0.0111. The van der Waals surface area contributed by atoms with E-state index in [-0.39, 0.29) is 18.5 Å². The first kappa shape index (κ1) is 82.6.